The zero-order valence-electron chi connectivity index (χ0n) is 35.1. The van der Waals surface area contributed by atoms with Crippen molar-refractivity contribution in [2.75, 3.05) is 38.0 Å². The van der Waals surface area contributed by atoms with E-state index in [9.17, 15) is 32.7 Å². The maximum Gasteiger partial charge on any atom is 0.390 e. The molecule has 1 atom stereocenters. The summed E-state index contributed by atoms with van der Waals surface area (Å²) in [6, 6.07) is 13.7. The fraction of sp³-hybridized carbons (Fsp3) is 0.477. The fourth-order valence-electron chi connectivity index (χ4n) is 9.22. The summed E-state index contributed by atoms with van der Waals surface area (Å²) in [6.45, 7) is 5.43. The van der Waals surface area contributed by atoms with Crippen LogP contribution >= 0.6 is 0 Å². The molecule has 0 radical (unpaired) electrons. The fourth-order valence-corrected chi connectivity index (χ4v) is 9.22. The minimum Gasteiger partial charge on any atom is -0.393 e. The van der Waals surface area contributed by atoms with Gasteiger partial charge in [-0.15, -0.1) is 5.10 Å². The van der Waals surface area contributed by atoms with E-state index in [1.807, 2.05) is 29.1 Å². The van der Waals surface area contributed by atoms with E-state index in [-0.39, 0.29) is 42.7 Å². The Kier molecular flexibility index (Phi) is 11.9. The summed E-state index contributed by atoms with van der Waals surface area (Å²) in [5, 5.41) is 24.9. The molecular formula is C44H51F3N12O4. The lowest BCUT2D eigenvalue weighted by Crippen LogP contribution is -2.45. The number of nitrogens with one attached hydrogen (secondary N) is 2. The molecule has 9 rings (SSSR count). The molecule has 1 saturated carbocycles. The van der Waals surface area contributed by atoms with Gasteiger partial charge in [0.2, 0.25) is 17.8 Å². The molecule has 0 bridgehead atoms. The Morgan fingerprint density at radius 3 is 2.35 bits per heavy atom. The second kappa shape index (κ2) is 17.7. The van der Waals surface area contributed by atoms with Gasteiger partial charge in [-0.2, -0.15) is 18.2 Å². The van der Waals surface area contributed by atoms with Crippen LogP contribution in [-0.4, -0.2) is 110 Å². The highest BCUT2D eigenvalue weighted by molar-refractivity contribution is 6.00. The molecule has 3 N–H and O–H groups in total. The number of rotatable bonds is 13. The predicted octanol–water partition coefficient (Wildman–Crippen LogP) is 4.72. The van der Waals surface area contributed by atoms with Crippen molar-refractivity contribution >= 4 is 39.8 Å². The van der Waals surface area contributed by atoms with E-state index in [2.05, 4.69) is 75.7 Å². The summed E-state index contributed by atoms with van der Waals surface area (Å²) in [6.07, 6.45) is 4.30. The van der Waals surface area contributed by atoms with Gasteiger partial charge in [0.05, 0.1) is 29.3 Å². The van der Waals surface area contributed by atoms with Crippen LogP contribution in [0.4, 0.5) is 19.1 Å². The molecular weight excluding hydrogens is 818 g/mol. The van der Waals surface area contributed by atoms with Gasteiger partial charge in [0.25, 0.3) is 0 Å². The zero-order chi connectivity index (χ0) is 43.8. The maximum atomic E-state index is 13.2. The first-order valence-electron chi connectivity index (χ1n) is 21.7. The van der Waals surface area contributed by atoms with Crippen molar-refractivity contribution < 1.29 is 27.9 Å². The Hall–Kier alpha value is -5.92. The van der Waals surface area contributed by atoms with E-state index in [0.717, 1.165) is 78.9 Å². The van der Waals surface area contributed by atoms with Gasteiger partial charge >= 0.3 is 11.9 Å². The van der Waals surface area contributed by atoms with Gasteiger partial charge in [-0.05, 0) is 67.3 Å². The minimum atomic E-state index is -4.27. The predicted molar refractivity (Wildman–Crippen MR) is 229 cm³/mol. The smallest absolute Gasteiger partial charge is 0.390 e. The molecule has 4 aromatic heterocycles. The lowest BCUT2D eigenvalue weighted by Gasteiger charge is -2.34. The van der Waals surface area contributed by atoms with E-state index in [1.165, 1.54) is 10.1 Å². The number of alkyl halides is 3. The topological polar surface area (TPSA) is 173 Å². The molecule has 2 saturated heterocycles. The number of imidazole rings is 1. The van der Waals surface area contributed by atoms with Gasteiger partial charge in [-0.1, -0.05) is 35.5 Å². The zero-order valence-corrected chi connectivity index (χ0v) is 35.1. The minimum absolute atomic E-state index is 0.121. The van der Waals surface area contributed by atoms with Crippen molar-refractivity contribution in [2.24, 2.45) is 7.05 Å². The van der Waals surface area contributed by atoms with E-state index in [4.69, 9.17) is 0 Å². The summed E-state index contributed by atoms with van der Waals surface area (Å²) in [5.74, 6) is -0.609. The molecule has 19 heteroatoms. The number of anilines is 1. The van der Waals surface area contributed by atoms with Gasteiger partial charge in [-0.3, -0.25) is 38.5 Å². The maximum absolute atomic E-state index is 13.2. The summed E-state index contributed by atoms with van der Waals surface area (Å²) in [5.41, 5.74) is 6.86. The van der Waals surface area contributed by atoms with Gasteiger partial charge in [-0.25, -0.2) is 9.78 Å². The van der Waals surface area contributed by atoms with E-state index in [1.54, 1.807) is 17.8 Å². The molecule has 3 aliphatic rings. The van der Waals surface area contributed by atoms with Crippen molar-refractivity contribution in [3.05, 3.63) is 88.4 Å². The van der Waals surface area contributed by atoms with Crippen LogP contribution in [0.25, 0.3) is 33.2 Å². The first-order chi connectivity index (χ1) is 30.3. The third-order valence-corrected chi connectivity index (χ3v) is 12.7. The molecule has 2 amide bonds. The van der Waals surface area contributed by atoms with Crippen molar-refractivity contribution in [1.82, 2.24) is 53.8 Å². The molecule has 2 aromatic carbocycles. The third-order valence-electron chi connectivity index (χ3n) is 12.7. The Labute approximate surface area is 360 Å². The van der Waals surface area contributed by atoms with Gasteiger partial charge in [0, 0.05) is 101 Å². The van der Waals surface area contributed by atoms with Crippen LogP contribution in [-0.2, 0) is 42.7 Å². The van der Waals surface area contributed by atoms with Crippen LogP contribution in [0.3, 0.4) is 0 Å². The average Bonchev–Trinajstić information content (AvgIpc) is 3.95. The molecule has 332 valence electrons. The number of fused-ring (bicyclic) bond motifs is 2. The number of piperidine rings is 1. The third kappa shape index (κ3) is 9.40. The number of nitrogens with zero attached hydrogens (tertiary/aromatic N) is 10. The number of benzene rings is 2. The molecule has 6 heterocycles. The van der Waals surface area contributed by atoms with E-state index >= 15 is 0 Å². The molecule has 2 aliphatic heterocycles. The normalized spacial score (nSPS) is 20.5. The molecule has 16 nitrogen and oxygen atoms in total. The first-order valence-corrected chi connectivity index (χ1v) is 21.7. The van der Waals surface area contributed by atoms with Crippen molar-refractivity contribution in [2.45, 2.75) is 95.4 Å². The number of piperazine rings is 1. The Bertz CT molecular complexity index is 2670. The largest absolute Gasteiger partial charge is 0.393 e. The lowest BCUT2D eigenvalue weighted by atomic mass is 9.93. The molecule has 63 heavy (non-hydrogen) atoms. The number of hydrogen-bond acceptors (Lipinski definition) is 11. The van der Waals surface area contributed by atoms with Crippen molar-refractivity contribution in [3.8, 4) is 11.1 Å². The second-order valence-corrected chi connectivity index (χ2v) is 17.1. The summed E-state index contributed by atoms with van der Waals surface area (Å²) < 4.78 is 45.4. The number of hydrogen-bond donors (Lipinski definition) is 3. The number of carbonyl (C=O) groups excluding carboxylic acids is 2. The quantitative estimate of drug-likeness (QED) is 0.137. The highest BCUT2D eigenvalue weighted by Gasteiger charge is 2.32. The number of aliphatic hydroxyl groups excluding tert-OH is 1. The molecule has 3 fully saturated rings. The van der Waals surface area contributed by atoms with Crippen LogP contribution in [0, 0.1) is 0 Å². The number of amides is 2. The number of halogens is 3. The summed E-state index contributed by atoms with van der Waals surface area (Å²) in [7, 11) is 1.69. The summed E-state index contributed by atoms with van der Waals surface area (Å²) in [4.78, 5) is 51.3. The Balaban J connectivity index is 0.781. The monoisotopic (exact) mass is 868 g/mol. The van der Waals surface area contributed by atoms with Crippen LogP contribution < -0.4 is 16.3 Å². The number of aliphatic hydroxyl groups is 1. The van der Waals surface area contributed by atoms with Crippen LogP contribution in [0.5, 0.6) is 0 Å². The van der Waals surface area contributed by atoms with E-state index < -0.39 is 24.5 Å². The SMILES string of the molecule is Cn1c(=O)n(C2CCC(=O)NC2=O)c2ccc(CCn3cc(CN4CCN(Cc5ccc(-c6cn(C7CCC(O)CC7)c7nc(NCCC(F)(F)F)ncc67)cc5)CC4)nn3)cc21. The lowest BCUT2D eigenvalue weighted by molar-refractivity contribution is -0.136. The first kappa shape index (κ1) is 42.4. The van der Waals surface area contributed by atoms with Crippen molar-refractivity contribution in [3.63, 3.8) is 0 Å². The molecule has 0 spiro atoms. The Morgan fingerprint density at radius 2 is 1.62 bits per heavy atom. The van der Waals surface area contributed by atoms with Gasteiger partial charge < -0.3 is 15.0 Å². The van der Waals surface area contributed by atoms with Crippen LogP contribution in [0.2, 0.25) is 0 Å². The number of imide groups is 1. The molecule has 1 aliphatic carbocycles. The van der Waals surface area contributed by atoms with E-state index in [0.29, 0.717) is 49.9 Å². The van der Waals surface area contributed by atoms with Crippen LogP contribution in [0.15, 0.2) is 65.8 Å². The standard InChI is InChI=1S/C44H51F3N12O4/c1-54-38-22-28(4-11-36(38)59(43(54)63)37-12-13-39(61)50-41(37)62)14-17-57-26-31(52-53-57)25-56-20-18-55(19-21-56)24-29-2-5-30(6-3-29)35-27-58(32-7-9-33(60)10-8-32)40-34(35)23-49-42(51-40)48-16-15-44(45,46)47/h2-6,11,22-23,26-27,32-33,37,60H,7-10,12-21,24-25H2,1H3,(H,48,49,51)(H,50,61,62). The number of carbonyl (C=O) groups is 2. The number of aromatic nitrogens is 8. The average molecular weight is 869 g/mol. The van der Waals surface area contributed by atoms with Gasteiger partial charge in [0.15, 0.2) is 0 Å². The van der Waals surface area contributed by atoms with Crippen molar-refractivity contribution in [1.29, 1.82) is 0 Å². The second-order valence-electron chi connectivity index (χ2n) is 17.1. The number of aryl methyl sites for hydroxylation is 3. The summed E-state index contributed by atoms with van der Waals surface area (Å²) >= 11 is 0. The Morgan fingerprint density at radius 1 is 0.889 bits per heavy atom. The highest BCUT2D eigenvalue weighted by Crippen LogP contribution is 2.37. The van der Waals surface area contributed by atoms with Crippen LogP contribution in [0.1, 0.15) is 73.9 Å². The molecule has 1 unspecified atom stereocenters. The van der Waals surface area contributed by atoms with Gasteiger partial charge in [0.1, 0.15) is 11.7 Å². The molecule has 6 aromatic rings. The highest BCUT2D eigenvalue weighted by atomic mass is 19.4.